The zero-order chi connectivity index (χ0) is 15.9. The number of nitriles is 1. The molecule has 1 heterocycles. The first kappa shape index (κ1) is 14.3. The quantitative estimate of drug-likeness (QED) is 0.865. The van der Waals surface area contributed by atoms with E-state index in [2.05, 4.69) is 0 Å². The van der Waals surface area contributed by atoms with E-state index in [9.17, 15) is 18.8 Å². The molecule has 0 amide bonds. The normalized spacial score (nSPS) is 21.3. The molecule has 0 saturated carbocycles. The van der Waals surface area contributed by atoms with Gasteiger partial charge < -0.3 is 10.5 Å². The molecule has 22 heavy (non-hydrogen) atoms. The van der Waals surface area contributed by atoms with Crippen LogP contribution in [0.3, 0.4) is 0 Å². The number of ketones is 1. The Morgan fingerprint density at radius 2 is 2.09 bits per heavy atom. The van der Waals surface area contributed by atoms with Gasteiger partial charge in [0, 0.05) is 24.0 Å². The zero-order valence-electron chi connectivity index (χ0n) is 11.5. The van der Waals surface area contributed by atoms with Gasteiger partial charge >= 0.3 is 0 Å². The average molecular weight is 302 g/mol. The van der Waals surface area contributed by atoms with Crippen molar-refractivity contribution in [2.75, 3.05) is 0 Å². The van der Waals surface area contributed by atoms with Crippen LogP contribution in [0.2, 0.25) is 0 Å². The van der Waals surface area contributed by atoms with Gasteiger partial charge in [-0.25, -0.2) is 8.78 Å². The van der Waals surface area contributed by atoms with Gasteiger partial charge in [0.25, 0.3) is 0 Å². The number of nitrogens with two attached hydrogens (primary N) is 1. The number of Topliss-reactive ketones (excluding diaryl/α,β-unsaturated/α-hetero) is 1. The van der Waals surface area contributed by atoms with Crippen molar-refractivity contribution in [2.45, 2.75) is 25.2 Å². The third-order valence-electron chi connectivity index (χ3n) is 3.87. The summed E-state index contributed by atoms with van der Waals surface area (Å²) in [6.07, 6.45) is 1.37. The summed E-state index contributed by atoms with van der Waals surface area (Å²) < 4.78 is 33.0. The van der Waals surface area contributed by atoms with Crippen molar-refractivity contribution in [1.82, 2.24) is 0 Å². The van der Waals surface area contributed by atoms with Crippen molar-refractivity contribution in [1.29, 1.82) is 5.26 Å². The van der Waals surface area contributed by atoms with Crippen LogP contribution >= 0.6 is 0 Å². The van der Waals surface area contributed by atoms with Crippen LogP contribution in [-0.4, -0.2) is 5.78 Å². The van der Waals surface area contributed by atoms with Gasteiger partial charge in [-0.1, -0.05) is 0 Å². The van der Waals surface area contributed by atoms with Crippen molar-refractivity contribution in [3.8, 4) is 6.07 Å². The molecule has 2 N–H and O–H groups in total. The summed E-state index contributed by atoms with van der Waals surface area (Å²) in [5.74, 6) is -2.40. The maximum atomic E-state index is 14.2. The number of allylic oxidation sites excluding steroid dienone is 3. The van der Waals surface area contributed by atoms with Gasteiger partial charge in [-0.3, -0.25) is 4.79 Å². The fourth-order valence-electron chi connectivity index (χ4n) is 2.90. The molecule has 4 nitrogen and oxygen atoms in total. The van der Waals surface area contributed by atoms with E-state index >= 15 is 0 Å². The minimum atomic E-state index is -1.02. The van der Waals surface area contributed by atoms with Crippen molar-refractivity contribution in [2.24, 2.45) is 5.73 Å². The van der Waals surface area contributed by atoms with E-state index in [0.717, 1.165) is 18.2 Å². The van der Waals surface area contributed by atoms with Crippen molar-refractivity contribution in [3.63, 3.8) is 0 Å². The second-order valence-electron chi connectivity index (χ2n) is 5.20. The lowest BCUT2D eigenvalue weighted by Gasteiger charge is -2.31. The largest absolute Gasteiger partial charge is 0.444 e. The molecule has 0 bridgehead atoms. The van der Waals surface area contributed by atoms with Gasteiger partial charge in [0.05, 0.1) is 5.92 Å². The van der Waals surface area contributed by atoms with E-state index in [1.165, 1.54) is 0 Å². The van der Waals surface area contributed by atoms with Gasteiger partial charge in [0.1, 0.15) is 29.0 Å². The fraction of sp³-hybridized carbons (Fsp3) is 0.250. The first-order valence-corrected chi connectivity index (χ1v) is 6.81. The molecule has 0 saturated heterocycles. The predicted octanol–water partition coefficient (Wildman–Crippen LogP) is 2.78. The Labute approximate surface area is 125 Å². The van der Waals surface area contributed by atoms with E-state index in [4.69, 9.17) is 10.5 Å². The molecule has 0 fully saturated rings. The third-order valence-corrected chi connectivity index (χ3v) is 3.87. The van der Waals surface area contributed by atoms with Crippen LogP contribution < -0.4 is 5.73 Å². The Balaban J connectivity index is 2.25. The van der Waals surface area contributed by atoms with E-state index in [1.807, 2.05) is 6.07 Å². The highest BCUT2D eigenvalue weighted by molar-refractivity contribution is 5.99. The lowest BCUT2D eigenvalue weighted by molar-refractivity contribution is -0.116. The van der Waals surface area contributed by atoms with Crippen LogP contribution in [0.25, 0.3) is 0 Å². The highest BCUT2D eigenvalue weighted by Gasteiger charge is 2.39. The summed E-state index contributed by atoms with van der Waals surface area (Å²) in [6.45, 7) is 0. The Morgan fingerprint density at radius 3 is 2.82 bits per heavy atom. The number of carbonyl (C=O) groups excluding carboxylic acids is 1. The van der Waals surface area contributed by atoms with Gasteiger partial charge in [0.15, 0.2) is 5.78 Å². The summed E-state index contributed by atoms with van der Waals surface area (Å²) in [5.41, 5.74) is 5.79. The number of halogens is 2. The van der Waals surface area contributed by atoms with Crippen LogP contribution in [0.5, 0.6) is 0 Å². The molecule has 112 valence electrons. The first-order chi connectivity index (χ1) is 10.5. The van der Waals surface area contributed by atoms with Gasteiger partial charge in [-0.15, -0.1) is 0 Å². The summed E-state index contributed by atoms with van der Waals surface area (Å²) >= 11 is 0. The smallest absolute Gasteiger partial charge is 0.205 e. The number of rotatable bonds is 1. The summed E-state index contributed by atoms with van der Waals surface area (Å²) in [6, 6.07) is 4.80. The van der Waals surface area contributed by atoms with E-state index < -0.39 is 17.6 Å². The minimum Gasteiger partial charge on any atom is -0.444 e. The maximum absolute atomic E-state index is 14.2. The predicted molar refractivity (Wildman–Crippen MR) is 72.9 cm³/mol. The SMILES string of the molecule is N#CC1=C(N)OC2=C(C(=O)CCC2)C1c1cc(F)ccc1F. The molecule has 0 aromatic heterocycles. The number of hydrogen-bond donors (Lipinski definition) is 1. The summed E-state index contributed by atoms with van der Waals surface area (Å²) in [4.78, 5) is 12.2. The molecule has 1 aliphatic carbocycles. The van der Waals surface area contributed by atoms with Crippen LogP contribution in [0, 0.1) is 23.0 Å². The minimum absolute atomic E-state index is 0.0708. The molecule has 1 atom stereocenters. The average Bonchev–Trinajstić information content (AvgIpc) is 2.48. The number of hydrogen-bond acceptors (Lipinski definition) is 4. The highest BCUT2D eigenvalue weighted by atomic mass is 19.1. The molecule has 6 heteroatoms. The zero-order valence-corrected chi connectivity index (χ0v) is 11.5. The lowest BCUT2D eigenvalue weighted by atomic mass is 9.77. The van der Waals surface area contributed by atoms with E-state index in [1.54, 1.807) is 0 Å². The first-order valence-electron chi connectivity index (χ1n) is 6.81. The highest BCUT2D eigenvalue weighted by Crippen LogP contribution is 2.44. The van der Waals surface area contributed by atoms with Crippen molar-refractivity contribution in [3.05, 3.63) is 58.2 Å². The Hall–Kier alpha value is -2.68. The van der Waals surface area contributed by atoms with Crippen LogP contribution in [0.4, 0.5) is 8.78 Å². The maximum Gasteiger partial charge on any atom is 0.205 e. The molecular weight excluding hydrogens is 290 g/mol. The molecule has 0 radical (unpaired) electrons. The number of benzene rings is 1. The summed E-state index contributed by atoms with van der Waals surface area (Å²) in [5, 5.41) is 9.31. The fourth-order valence-corrected chi connectivity index (χ4v) is 2.90. The van der Waals surface area contributed by atoms with Gasteiger partial charge in [-0.2, -0.15) is 5.26 Å². The van der Waals surface area contributed by atoms with Crippen LogP contribution in [0.15, 0.2) is 41.0 Å². The second kappa shape index (κ2) is 5.26. The van der Waals surface area contributed by atoms with Gasteiger partial charge in [0.2, 0.25) is 5.88 Å². The molecule has 1 aliphatic heterocycles. The summed E-state index contributed by atoms with van der Waals surface area (Å²) in [7, 11) is 0. The molecule has 1 aromatic rings. The van der Waals surface area contributed by atoms with E-state index in [-0.39, 0.29) is 34.8 Å². The Bertz CT molecular complexity index is 775. The van der Waals surface area contributed by atoms with E-state index in [0.29, 0.717) is 18.6 Å². The lowest BCUT2D eigenvalue weighted by Crippen LogP contribution is -2.28. The second-order valence-corrected chi connectivity index (χ2v) is 5.20. The Kier molecular flexibility index (Phi) is 3.41. The molecule has 3 rings (SSSR count). The number of carbonyl (C=O) groups is 1. The molecular formula is C16H12F2N2O2. The number of ether oxygens (including phenoxy) is 1. The van der Waals surface area contributed by atoms with Crippen molar-refractivity contribution < 1.29 is 18.3 Å². The van der Waals surface area contributed by atoms with Gasteiger partial charge in [-0.05, 0) is 24.6 Å². The van der Waals surface area contributed by atoms with Crippen LogP contribution in [-0.2, 0) is 9.53 Å². The topological polar surface area (TPSA) is 76.1 Å². The molecule has 1 aromatic carbocycles. The monoisotopic (exact) mass is 302 g/mol. The molecule has 0 spiro atoms. The number of nitrogens with zero attached hydrogens (tertiary/aromatic N) is 1. The molecule has 2 aliphatic rings. The third kappa shape index (κ3) is 2.15. The standard InChI is InChI=1S/C16H12F2N2O2/c17-8-4-5-11(18)9(6-8)14-10(7-19)16(20)22-13-3-1-2-12(21)15(13)14/h4-6,14H,1-3,20H2. The van der Waals surface area contributed by atoms with Crippen molar-refractivity contribution >= 4 is 5.78 Å². The Morgan fingerprint density at radius 1 is 1.32 bits per heavy atom. The van der Waals surface area contributed by atoms with Crippen LogP contribution in [0.1, 0.15) is 30.7 Å². The molecule has 1 unspecified atom stereocenters.